The molecule has 2 saturated carbocycles. The highest BCUT2D eigenvalue weighted by molar-refractivity contribution is 4.96. The summed E-state index contributed by atoms with van der Waals surface area (Å²) in [5.41, 5.74) is 12.4. The molecule has 0 bridgehead atoms. The van der Waals surface area contributed by atoms with Crippen LogP contribution < -0.4 is 11.5 Å². The Labute approximate surface area is 129 Å². The Hall–Kier alpha value is -0.160. The van der Waals surface area contributed by atoms with Crippen molar-refractivity contribution in [2.45, 2.75) is 71.2 Å². The van der Waals surface area contributed by atoms with Crippen LogP contribution in [0, 0.1) is 35.5 Å². The Balaban J connectivity index is 2.03. The number of aliphatic hydroxyl groups excluding tert-OH is 2. The summed E-state index contributed by atoms with van der Waals surface area (Å²) in [6.07, 6.45) is 2.47. The van der Waals surface area contributed by atoms with E-state index in [9.17, 15) is 10.2 Å². The first-order valence-electron chi connectivity index (χ1n) is 8.61. The fraction of sp³-hybridized carbons (Fsp3) is 1.00. The van der Waals surface area contributed by atoms with Crippen molar-refractivity contribution >= 4 is 0 Å². The Morgan fingerprint density at radius 2 is 1.10 bits per heavy atom. The molecule has 2 fully saturated rings. The molecule has 4 nitrogen and oxygen atoms in total. The largest absolute Gasteiger partial charge is 0.391 e. The third-order valence-electron chi connectivity index (χ3n) is 6.61. The van der Waals surface area contributed by atoms with Crippen LogP contribution in [0.3, 0.4) is 0 Å². The molecule has 0 aliphatic heterocycles. The van der Waals surface area contributed by atoms with Gasteiger partial charge in [0.2, 0.25) is 0 Å². The predicted molar refractivity (Wildman–Crippen MR) is 85.5 cm³/mol. The molecule has 0 aromatic heterocycles. The molecule has 10 unspecified atom stereocenters. The normalized spacial score (nSPS) is 55.4. The van der Waals surface area contributed by atoms with E-state index in [1.807, 2.05) is 0 Å². The average molecular weight is 298 g/mol. The maximum Gasteiger partial charge on any atom is 0.0719 e. The number of hydrogen-bond acceptors (Lipinski definition) is 4. The lowest BCUT2D eigenvalue weighted by atomic mass is 9.63. The lowest BCUT2D eigenvalue weighted by Crippen LogP contribution is -2.53. The molecule has 4 heteroatoms. The van der Waals surface area contributed by atoms with Crippen molar-refractivity contribution in [2.24, 2.45) is 47.0 Å². The van der Waals surface area contributed by atoms with Gasteiger partial charge < -0.3 is 21.7 Å². The topological polar surface area (TPSA) is 92.5 Å². The van der Waals surface area contributed by atoms with E-state index >= 15 is 0 Å². The molecule has 2 rings (SSSR count). The van der Waals surface area contributed by atoms with Gasteiger partial charge >= 0.3 is 0 Å². The fourth-order valence-corrected chi connectivity index (χ4v) is 4.68. The predicted octanol–water partition coefficient (Wildman–Crippen LogP) is 1.34. The second-order valence-electron chi connectivity index (χ2n) is 8.04. The van der Waals surface area contributed by atoms with Gasteiger partial charge in [-0.2, -0.15) is 0 Å². The van der Waals surface area contributed by atoms with Gasteiger partial charge in [-0.1, -0.05) is 27.7 Å². The van der Waals surface area contributed by atoms with Crippen molar-refractivity contribution in [3.63, 3.8) is 0 Å². The highest BCUT2D eigenvalue weighted by Crippen LogP contribution is 2.42. The maximum absolute atomic E-state index is 10.1. The van der Waals surface area contributed by atoms with E-state index in [0.29, 0.717) is 23.7 Å². The van der Waals surface area contributed by atoms with Gasteiger partial charge in [0.25, 0.3) is 0 Å². The van der Waals surface area contributed by atoms with Crippen LogP contribution in [0.4, 0.5) is 0 Å². The summed E-state index contributed by atoms with van der Waals surface area (Å²) in [6, 6.07) is -0.233. The van der Waals surface area contributed by atoms with Gasteiger partial charge in [0, 0.05) is 12.1 Å². The first kappa shape index (κ1) is 17.2. The van der Waals surface area contributed by atoms with Crippen molar-refractivity contribution in [3.8, 4) is 0 Å². The molecule has 0 aromatic carbocycles. The summed E-state index contributed by atoms with van der Waals surface area (Å²) in [5.74, 6) is 2.36. The first-order chi connectivity index (χ1) is 9.73. The minimum atomic E-state index is -0.372. The molecule has 0 heterocycles. The van der Waals surface area contributed by atoms with E-state index < -0.39 is 0 Å². The smallest absolute Gasteiger partial charge is 0.0719 e. The van der Waals surface area contributed by atoms with Crippen LogP contribution in [0.5, 0.6) is 0 Å². The van der Waals surface area contributed by atoms with Crippen molar-refractivity contribution in [1.29, 1.82) is 0 Å². The molecule has 2 aliphatic carbocycles. The van der Waals surface area contributed by atoms with Gasteiger partial charge in [-0.15, -0.1) is 0 Å². The third-order valence-corrected chi connectivity index (χ3v) is 6.61. The van der Waals surface area contributed by atoms with Gasteiger partial charge in [0.1, 0.15) is 0 Å². The van der Waals surface area contributed by atoms with E-state index in [2.05, 4.69) is 27.7 Å². The molecule has 124 valence electrons. The van der Waals surface area contributed by atoms with Crippen LogP contribution in [0.25, 0.3) is 0 Å². The number of aliphatic hydroxyl groups is 2. The molecule has 0 amide bonds. The summed E-state index contributed by atoms with van der Waals surface area (Å²) < 4.78 is 0. The molecule has 0 aromatic rings. The molecule has 0 saturated heterocycles. The van der Waals surface area contributed by atoms with Gasteiger partial charge in [-0.25, -0.2) is 0 Å². The van der Waals surface area contributed by atoms with Crippen LogP contribution in [0.2, 0.25) is 0 Å². The van der Waals surface area contributed by atoms with Gasteiger partial charge in [0.05, 0.1) is 12.2 Å². The highest BCUT2D eigenvalue weighted by Gasteiger charge is 2.43. The summed E-state index contributed by atoms with van der Waals surface area (Å²) in [6.45, 7) is 8.56. The molecular formula is C17H34N2O2. The first-order valence-corrected chi connectivity index (χ1v) is 8.61. The molecular weight excluding hydrogens is 264 g/mol. The van der Waals surface area contributed by atoms with Crippen LogP contribution in [0.1, 0.15) is 47.0 Å². The molecule has 6 N–H and O–H groups in total. The minimum absolute atomic E-state index is 0.116. The minimum Gasteiger partial charge on any atom is -0.391 e. The lowest BCUT2D eigenvalue weighted by molar-refractivity contribution is -0.0259. The zero-order valence-electron chi connectivity index (χ0n) is 13.9. The second-order valence-corrected chi connectivity index (χ2v) is 8.04. The standard InChI is InChI=1S/C17H34N2O2/c1-8-5-12(10(3)14(18)16(8)20)7-13-6-9(2)17(21)15(19)11(13)4/h8-17,20-21H,5-7,18-19H2,1-4H3. The summed E-state index contributed by atoms with van der Waals surface area (Å²) in [5, 5.41) is 20.3. The summed E-state index contributed by atoms with van der Waals surface area (Å²) in [4.78, 5) is 0. The summed E-state index contributed by atoms with van der Waals surface area (Å²) in [7, 11) is 0. The molecule has 0 radical (unpaired) electrons. The fourth-order valence-electron chi connectivity index (χ4n) is 4.68. The molecule has 21 heavy (non-hydrogen) atoms. The van der Waals surface area contributed by atoms with Crippen molar-refractivity contribution < 1.29 is 10.2 Å². The number of nitrogens with two attached hydrogens (primary N) is 2. The number of rotatable bonds is 2. The monoisotopic (exact) mass is 298 g/mol. The molecule has 10 atom stereocenters. The highest BCUT2D eigenvalue weighted by atomic mass is 16.3. The van der Waals surface area contributed by atoms with Crippen molar-refractivity contribution in [3.05, 3.63) is 0 Å². The SMILES string of the molecule is CC1CC(CC2CC(C)C(O)C(N)C2C)C(C)C(N)C1O. The molecule has 2 aliphatic rings. The van der Waals surface area contributed by atoms with Crippen molar-refractivity contribution in [1.82, 2.24) is 0 Å². The second kappa shape index (κ2) is 6.53. The van der Waals surface area contributed by atoms with E-state index in [0.717, 1.165) is 19.3 Å². The van der Waals surface area contributed by atoms with Gasteiger partial charge in [0.15, 0.2) is 0 Å². The summed E-state index contributed by atoms with van der Waals surface area (Å²) >= 11 is 0. The Kier molecular flexibility index (Phi) is 5.35. The van der Waals surface area contributed by atoms with E-state index in [1.165, 1.54) is 0 Å². The zero-order chi connectivity index (χ0) is 15.9. The van der Waals surface area contributed by atoms with E-state index in [4.69, 9.17) is 11.5 Å². The van der Waals surface area contributed by atoms with Gasteiger partial charge in [-0.05, 0) is 54.8 Å². The average Bonchev–Trinajstić information content (AvgIpc) is 2.45. The lowest BCUT2D eigenvalue weighted by Gasteiger charge is -2.46. The van der Waals surface area contributed by atoms with E-state index in [1.54, 1.807) is 0 Å². The van der Waals surface area contributed by atoms with Crippen LogP contribution in [-0.4, -0.2) is 34.5 Å². The van der Waals surface area contributed by atoms with Crippen LogP contribution in [-0.2, 0) is 0 Å². The van der Waals surface area contributed by atoms with E-state index in [-0.39, 0.29) is 36.1 Å². The van der Waals surface area contributed by atoms with Crippen molar-refractivity contribution in [2.75, 3.05) is 0 Å². The zero-order valence-corrected chi connectivity index (χ0v) is 13.9. The quantitative estimate of drug-likeness (QED) is 0.619. The Bertz CT molecular complexity index is 320. The maximum atomic E-state index is 10.1. The number of hydrogen-bond donors (Lipinski definition) is 4. The van der Waals surface area contributed by atoms with Gasteiger partial charge in [-0.3, -0.25) is 0 Å². The van der Waals surface area contributed by atoms with Crippen LogP contribution >= 0.6 is 0 Å². The van der Waals surface area contributed by atoms with Crippen LogP contribution in [0.15, 0.2) is 0 Å². The Morgan fingerprint density at radius 1 is 0.762 bits per heavy atom. The Morgan fingerprint density at radius 3 is 1.43 bits per heavy atom. The molecule has 0 spiro atoms. The third kappa shape index (κ3) is 3.29.